The van der Waals surface area contributed by atoms with Crippen LogP contribution in [0.15, 0.2) is 24.8 Å². The molecule has 5 rings (SSSR count). The van der Waals surface area contributed by atoms with Gasteiger partial charge in [0.25, 0.3) is 5.91 Å². The molecule has 1 saturated carbocycles. The van der Waals surface area contributed by atoms with Gasteiger partial charge in [-0.2, -0.15) is 0 Å². The minimum atomic E-state index is -0.00208. The number of anilines is 1. The van der Waals surface area contributed by atoms with E-state index in [1.54, 1.807) is 18.7 Å². The van der Waals surface area contributed by atoms with E-state index in [4.69, 9.17) is 0 Å². The maximum atomic E-state index is 12.7. The minimum absolute atomic E-state index is 0.00208. The lowest BCUT2D eigenvalue weighted by molar-refractivity contribution is 0.0776. The van der Waals surface area contributed by atoms with E-state index in [1.807, 2.05) is 11.8 Å². The summed E-state index contributed by atoms with van der Waals surface area (Å²) < 4.78 is 0. The molecule has 1 amide bonds. The molecule has 2 aliphatic heterocycles. The Morgan fingerprint density at radius 1 is 1.00 bits per heavy atom. The lowest BCUT2D eigenvalue weighted by atomic mass is 9.83. The zero-order chi connectivity index (χ0) is 18.4. The smallest absolute Gasteiger partial charge is 0.274 e. The first-order valence-electron chi connectivity index (χ1n) is 9.82. The van der Waals surface area contributed by atoms with Gasteiger partial charge in [0, 0.05) is 61.9 Å². The number of aromatic nitrogens is 4. The number of hydrogen-bond donors (Lipinski definition) is 0. The van der Waals surface area contributed by atoms with E-state index in [1.165, 1.54) is 25.0 Å². The van der Waals surface area contributed by atoms with Crippen LogP contribution in [-0.4, -0.2) is 56.9 Å². The Labute approximate surface area is 158 Å². The van der Waals surface area contributed by atoms with Gasteiger partial charge in [0.05, 0.1) is 11.9 Å². The number of nitrogens with zero attached hydrogens (tertiary/aromatic N) is 6. The molecule has 0 radical (unpaired) electrons. The van der Waals surface area contributed by atoms with Gasteiger partial charge in [-0.3, -0.25) is 9.78 Å². The molecule has 2 aromatic rings. The van der Waals surface area contributed by atoms with E-state index in [2.05, 4.69) is 30.9 Å². The Hall–Kier alpha value is -2.57. The maximum absolute atomic E-state index is 12.7. The molecule has 0 spiro atoms. The highest BCUT2D eigenvalue weighted by molar-refractivity contribution is 5.92. The molecule has 3 aliphatic rings. The highest BCUT2D eigenvalue weighted by Gasteiger charge is 2.42. The highest BCUT2D eigenvalue weighted by atomic mass is 16.2. The van der Waals surface area contributed by atoms with E-state index in [0.29, 0.717) is 23.4 Å². The van der Waals surface area contributed by atoms with E-state index in [9.17, 15) is 4.79 Å². The van der Waals surface area contributed by atoms with Crippen molar-refractivity contribution in [3.63, 3.8) is 0 Å². The Kier molecular flexibility index (Phi) is 4.02. The predicted octanol–water partition coefficient (Wildman–Crippen LogP) is 2.05. The number of fused-ring (bicyclic) bond motifs is 1. The van der Waals surface area contributed by atoms with Crippen molar-refractivity contribution in [1.82, 2.24) is 24.8 Å². The zero-order valence-corrected chi connectivity index (χ0v) is 15.6. The highest BCUT2D eigenvalue weighted by Crippen LogP contribution is 2.38. The Balaban J connectivity index is 1.24. The largest absolute Gasteiger partial charge is 0.356 e. The van der Waals surface area contributed by atoms with Crippen LogP contribution in [0.25, 0.3) is 0 Å². The molecule has 3 fully saturated rings. The quantitative estimate of drug-likeness (QED) is 0.830. The van der Waals surface area contributed by atoms with E-state index in [0.717, 1.165) is 37.7 Å². The normalized spacial score (nSPS) is 24.8. The number of rotatable bonds is 3. The third-order valence-electron chi connectivity index (χ3n) is 6.29. The number of likely N-dealkylation sites (tertiary alicyclic amines) is 1. The second-order valence-electron chi connectivity index (χ2n) is 8.11. The fourth-order valence-corrected chi connectivity index (χ4v) is 4.47. The van der Waals surface area contributed by atoms with Gasteiger partial charge < -0.3 is 9.80 Å². The molecule has 2 unspecified atom stereocenters. The van der Waals surface area contributed by atoms with Crippen LogP contribution >= 0.6 is 0 Å². The number of carbonyl (C=O) groups excluding carboxylic acids is 1. The molecule has 4 heterocycles. The van der Waals surface area contributed by atoms with Gasteiger partial charge in [0.1, 0.15) is 17.8 Å². The van der Waals surface area contributed by atoms with Crippen LogP contribution < -0.4 is 4.90 Å². The SMILES string of the molecule is Cc1cnc(C(=O)N2CC3CN(c4cc(C5CCC5)ncn4)CC3C2)cn1. The van der Waals surface area contributed by atoms with E-state index < -0.39 is 0 Å². The van der Waals surface area contributed by atoms with Crippen molar-refractivity contribution >= 4 is 11.7 Å². The zero-order valence-electron chi connectivity index (χ0n) is 15.6. The number of amides is 1. The molecule has 140 valence electrons. The van der Waals surface area contributed by atoms with Gasteiger partial charge in [-0.05, 0) is 19.8 Å². The van der Waals surface area contributed by atoms with Crippen LogP contribution in [0.1, 0.15) is 47.1 Å². The first-order chi connectivity index (χ1) is 13.2. The number of carbonyl (C=O) groups is 1. The monoisotopic (exact) mass is 364 g/mol. The van der Waals surface area contributed by atoms with Crippen LogP contribution in [0.4, 0.5) is 5.82 Å². The van der Waals surface area contributed by atoms with Crippen molar-refractivity contribution < 1.29 is 4.79 Å². The summed E-state index contributed by atoms with van der Waals surface area (Å²) in [7, 11) is 0. The summed E-state index contributed by atoms with van der Waals surface area (Å²) in [6.07, 6.45) is 8.76. The average Bonchev–Trinajstić information content (AvgIpc) is 3.20. The van der Waals surface area contributed by atoms with Gasteiger partial charge in [-0.25, -0.2) is 15.0 Å². The van der Waals surface area contributed by atoms with Gasteiger partial charge in [0.2, 0.25) is 0 Å². The average molecular weight is 364 g/mol. The van der Waals surface area contributed by atoms with Crippen molar-refractivity contribution in [3.8, 4) is 0 Å². The predicted molar refractivity (Wildman–Crippen MR) is 100 cm³/mol. The van der Waals surface area contributed by atoms with Gasteiger partial charge >= 0.3 is 0 Å². The third kappa shape index (κ3) is 3.05. The second-order valence-corrected chi connectivity index (χ2v) is 8.11. The van der Waals surface area contributed by atoms with Crippen molar-refractivity contribution in [2.75, 3.05) is 31.1 Å². The fraction of sp³-hybridized carbons (Fsp3) is 0.550. The molecule has 0 aromatic carbocycles. The molecule has 1 aliphatic carbocycles. The molecule has 0 N–H and O–H groups in total. The Morgan fingerprint density at radius 3 is 2.41 bits per heavy atom. The van der Waals surface area contributed by atoms with Crippen LogP contribution in [0.2, 0.25) is 0 Å². The summed E-state index contributed by atoms with van der Waals surface area (Å²) in [4.78, 5) is 34.4. The lowest BCUT2D eigenvalue weighted by Crippen LogP contribution is -2.34. The molecular formula is C20H24N6O. The van der Waals surface area contributed by atoms with E-state index in [-0.39, 0.29) is 5.91 Å². The molecule has 2 aromatic heterocycles. The third-order valence-corrected chi connectivity index (χ3v) is 6.29. The molecule has 2 saturated heterocycles. The Morgan fingerprint density at radius 2 is 1.78 bits per heavy atom. The summed E-state index contributed by atoms with van der Waals surface area (Å²) in [6, 6.07) is 2.18. The Bertz CT molecular complexity index is 836. The van der Waals surface area contributed by atoms with Crippen LogP contribution in [0.3, 0.4) is 0 Å². The van der Waals surface area contributed by atoms with Crippen LogP contribution in [0.5, 0.6) is 0 Å². The minimum Gasteiger partial charge on any atom is -0.356 e. The van der Waals surface area contributed by atoms with Gasteiger partial charge in [-0.1, -0.05) is 6.42 Å². The van der Waals surface area contributed by atoms with Crippen molar-refractivity contribution in [2.24, 2.45) is 11.8 Å². The summed E-state index contributed by atoms with van der Waals surface area (Å²) in [5.74, 6) is 2.66. The first kappa shape index (κ1) is 16.6. The van der Waals surface area contributed by atoms with Crippen LogP contribution in [-0.2, 0) is 0 Å². The first-order valence-corrected chi connectivity index (χ1v) is 9.82. The number of aryl methyl sites for hydroxylation is 1. The summed E-state index contributed by atoms with van der Waals surface area (Å²) in [6.45, 7) is 5.36. The summed E-state index contributed by atoms with van der Waals surface area (Å²) in [5, 5.41) is 0. The van der Waals surface area contributed by atoms with Gasteiger partial charge in [-0.15, -0.1) is 0 Å². The molecule has 0 bridgehead atoms. The van der Waals surface area contributed by atoms with Crippen molar-refractivity contribution in [3.05, 3.63) is 41.9 Å². The lowest BCUT2D eigenvalue weighted by Gasteiger charge is -2.26. The van der Waals surface area contributed by atoms with Crippen LogP contribution in [0, 0.1) is 18.8 Å². The topological polar surface area (TPSA) is 75.1 Å². The van der Waals surface area contributed by atoms with Crippen molar-refractivity contribution in [2.45, 2.75) is 32.1 Å². The van der Waals surface area contributed by atoms with Gasteiger partial charge in [0.15, 0.2) is 0 Å². The molecule has 7 heteroatoms. The molecule has 27 heavy (non-hydrogen) atoms. The molecular weight excluding hydrogens is 340 g/mol. The second kappa shape index (κ2) is 6.55. The molecule has 2 atom stereocenters. The maximum Gasteiger partial charge on any atom is 0.274 e. The standard InChI is InChI=1S/C20H24N6O/c1-13-6-22-18(7-21-13)20(27)26-10-15-8-25(9-16(15)11-26)19-5-17(23-12-24-19)14-3-2-4-14/h5-7,12,14-16H,2-4,8-11H2,1H3. The van der Waals surface area contributed by atoms with Crippen molar-refractivity contribution in [1.29, 1.82) is 0 Å². The summed E-state index contributed by atoms with van der Waals surface area (Å²) in [5.41, 5.74) is 2.46. The molecule has 7 nitrogen and oxygen atoms in total. The number of hydrogen-bond acceptors (Lipinski definition) is 6. The van der Waals surface area contributed by atoms with E-state index >= 15 is 0 Å². The summed E-state index contributed by atoms with van der Waals surface area (Å²) >= 11 is 0. The fourth-order valence-electron chi connectivity index (χ4n) is 4.47.